The molecule has 1 aromatic carbocycles. The number of piperidine rings is 1. The summed E-state index contributed by atoms with van der Waals surface area (Å²) in [5.74, 6) is 1.25. The standard InChI is InChI=1S/C18H19FN4/c19-15-5-2-1-4-14(15)12-23-17(13-7-10-20-11-8-13)22-16-6-3-9-21-18(16)23/h1-6,9,13,20H,7-8,10-12H2. The highest BCUT2D eigenvalue weighted by atomic mass is 19.1. The number of imidazole rings is 1. The third-order valence-electron chi connectivity index (χ3n) is 4.52. The topological polar surface area (TPSA) is 42.7 Å². The summed E-state index contributed by atoms with van der Waals surface area (Å²) in [6, 6.07) is 10.8. The fraction of sp³-hybridized carbons (Fsp3) is 0.333. The van der Waals surface area contributed by atoms with E-state index in [1.54, 1.807) is 12.3 Å². The molecule has 1 fully saturated rings. The number of aromatic nitrogens is 3. The van der Waals surface area contributed by atoms with E-state index >= 15 is 0 Å². The first-order valence-electron chi connectivity index (χ1n) is 8.08. The van der Waals surface area contributed by atoms with Crippen molar-refractivity contribution in [2.75, 3.05) is 13.1 Å². The Kier molecular flexibility index (Phi) is 3.79. The second-order valence-corrected chi connectivity index (χ2v) is 6.02. The number of hydrogen-bond donors (Lipinski definition) is 1. The lowest BCUT2D eigenvalue weighted by atomic mass is 9.97. The quantitative estimate of drug-likeness (QED) is 0.808. The molecule has 2 aromatic heterocycles. The van der Waals surface area contributed by atoms with Crippen LogP contribution in [0.15, 0.2) is 42.6 Å². The van der Waals surface area contributed by atoms with E-state index in [9.17, 15) is 4.39 Å². The van der Waals surface area contributed by atoms with Crippen molar-refractivity contribution in [2.24, 2.45) is 0 Å². The zero-order valence-corrected chi connectivity index (χ0v) is 12.9. The third-order valence-corrected chi connectivity index (χ3v) is 4.52. The molecule has 4 nitrogen and oxygen atoms in total. The fourth-order valence-corrected chi connectivity index (χ4v) is 3.32. The maximum absolute atomic E-state index is 14.1. The first-order chi connectivity index (χ1) is 11.3. The van der Waals surface area contributed by atoms with E-state index in [1.807, 2.05) is 24.3 Å². The van der Waals surface area contributed by atoms with E-state index in [1.165, 1.54) is 6.07 Å². The van der Waals surface area contributed by atoms with Crippen LogP contribution < -0.4 is 5.32 Å². The number of halogens is 1. The highest BCUT2D eigenvalue weighted by molar-refractivity contribution is 5.71. The number of hydrogen-bond acceptors (Lipinski definition) is 3. The van der Waals surface area contributed by atoms with Gasteiger partial charge in [0.25, 0.3) is 0 Å². The molecule has 0 atom stereocenters. The summed E-state index contributed by atoms with van der Waals surface area (Å²) < 4.78 is 16.2. The van der Waals surface area contributed by atoms with Crippen LogP contribution in [0.5, 0.6) is 0 Å². The van der Waals surface area contributed by atoms with Gasteiger partial charge in [0.05, 0.1) is 6.54 Å². The van der Waals surface area contributed by atoms with Crippen molar-refractivity contribution in [3.05, 3.63) is 59.8 Å². The lowest BCUT2D eigenvalue weighted by Crippen LogP contribution is -2.28. The Hall–Kier alpha value is -2.27. The summed E-state index contributed by atoms with van der Waals surface area (Å²) in [7, 11) is 0. The zero-order valence-electron chi connectivity index (χ0n) is 12.9. The smallest absolute Gasteiger partial charge is 0.160 e. The highest BCUT2D eigenvalue weighted by Gasteiger charge is 2.23. The summed E-state index contributed by atoms with van der Waals surface area (Å²) in [5, 5.41) is 3.38. The van der Waals surface area contributed by atoms with Gasteiger partial charge in [0.2, 0.25) is 0 Å². The molecule has 0 amide bonds. The van der Waals surface area contributed by atoms with Gasteiger partial charge in [-0.1, -0.05) is 18.2 Å². The predicted octanol–water partition coefficient (Wildman–Crippen LogP) is 3.09. The average Bonchev–Trinajstić information content (AvgIpc) is 2.96. The Labute approximate surface area is 134 Å². The van der Waals surface area contributed by atoms with Crippen molar-refractivity contribution < 1.29 is 4.39 Å². The number of nitrogens with one attached hydrogen (secondary N) is 1. The van der Waals surface area contributed by atoms with Crippen molar-refractivity contribution in [1.82, 2.24) is 19.9 Å². The monoisotopic (exact) mass is 310 g/mol. The Balaban J connectivity index is 1.81. The molecular weight excluding hydrogens is 291 g/mol. The SMILES string of the molecule is Fc1ccccc1Cn1c(C2CCNCC2)nc2cccnc21. The van der Waals surface area contributed by atoms with Gasteiger partial charge in [-0.25, -0.2) is 14.4 Å². The van der Waals surface area contributed by atoms with Crippen molar-refractivity contribution in [1.29, 1.82) is 0 Å². The Bertz CT molecular complexity index is 821. The second-order valence-electron chi connectivity index (χ2n) is 6.02. The number of benzene rings is 1. The highest BCUT2D eigenvalue weighted by Crippen LogP contribution is 2.28. The zero-order chi connectivity index (χ0) is 15.6. The van der Waals surface area contributed by atoms with E-state index in [-0.39, 0.29) is 5.82 Å². The van der Waals surface area contributed by atoms with Gasteiger partial charge in [-0.3, -0.25) is 0 Å². The van der Waals surface area contributed by atoms with E-state index in [2.05, 4.69) is 14.9 Å². The molecule has 0 radical (unpaired) electrons. The average molecular weight is 310 g/mol. The van der Waals surface area contributed by atoms with Gasteiger partial charge >= 0.3 is 0 Å². The largest absolute Gasteiger partial charge is 0.317 e. The first kappa shape index (κ1) is 14.3. The van der Waals surface area contributed by atoms with Gasteiger partial charge in [-0.05, 0) is 44.1 Å². The summed E-state index contributed by atoms with van der Waals surface area (Å²) >= 11 is 0. The van der Waals surface area contributed by atoms with E-state index in [0.29, 0.717) is 18.0 Å². The van der Waals surface area contributed by atoms with Crippen molar-refractivity contribution >= 4 is 11.2 Å². The van der Waals surface area contributed by atoms with Crippen LogP contribution in [-0.4, -0.2) is 27.6 Å². The van der Waals surface area contributed by atoms with Gasteiger partial charge in [-0.15, -0.1) is 0 Å². The molecule has 0 saturated carbocycles. The van der Waals surface area contributed by atoms with Crippen LogP contribution in [0.25, 0.3) is 11.2 Å². The normalized spacial score (nSPS) is 16.0. The molecule has 0 unspecified atom stereocenters. The molecule has 5 heteroatoms. The van der Waals surface area contributed by atoms with Gasteiger partial charge in [0.15, 0.2) is 5.65 Å². The maximum Gasteiger partial charge on any atom is 0.160 e. The Morgan fingerprint density at radius 3 is 2.78 bits per heavy atom. The number of nitrogens with zero attached hydrogens (tertiary/aromatic N) is 3. The number of pyridine rings is 1. The molecule has 0 bridgehead atoms. The molecule has 1 saturated heterocycles. The predicted molar refractivity (Wildman–Crippen MR) is 87.9 cm³/mol. The molecule has 3 heterocycles. The van der Waals surface area contributed by atoms with Crippen LogP contribution in [0.4, 0.5) is 4.39 Å². The first-order valence-corrected chi connectivity index (χ1v) is 8.08. The number of fused-ring (bicyclic) bond motifs is 1. The van der Waals surface area contributed by atoms with Crippen LogP contribution in [0.2, 0.25) is 0 Å². The van der Waals surface area contributed by atoms with Crippen molar-refractivity contribution in [3.63, 3.8) is 0 Å². The minimum atomic E-state index is -0.179. The van der Waals surface area contributed by atoms with Crippen molar-refractivity contribution in [2.45, 2.75) is 25.3 Å². The van der Waals surface area contributed by atoms with Crippen molar-refractivity contribution in [3.8, 4) is 0 Å². The summed E-state index contributed by atoms with van der Waals surface area (Å²) in [6.45, 7) is 2.47. The summed E-state index contributed by atoms with van der Waals surface area (Å²) in [6.07, 6.45) is 3.88. The molecular formula is C18H19FN4. The van der Waals surface area contributed by atoms with Gasteiger partial charge in [-0.2, -0.15) is 0 Å². The maximum atomic E-state index is 14.1. The van der Waals surface area contributed by atoms with Gasteiger partial charge in [0.1, 0.15) is 17.2 Å². The molecule has 23 heavy (non-hydrogen) atoms. The van der Waals surface area contributed by atoms with Crippen LogP contribution in [-0.2, 0) is 6.54 Å². The van der Waals surface area contributed by atoms with Gasteiger partial charge in [0, 0.05) is 17.7 Å². The minimum Gasteiger partial charge on any atom is -0.317 e. The Morgan fingerprint density at radius 1 is 1.13 bits per heavy atom. The lowest BCUT2D eigenvalue weighted by Gasteiger charge is -2.23. The third kappa shape index (κ3) is 2.72. The number of rotatable bonds is 3. The van der Waals surface area contributed by atoms with Gasteiger partial charge < -0.3 is 9.88 Å². The molecule has 1 aliphatic rings. The molecule has 0 spiro atoms. The van der Waals surface area contributed by atoms with Crippen LogP contribution >= 0.6 is 0 Å². The molecule has 1 aliphatic heterocycles. The summed E-state index contributed by atoms with van der Waals surface area (Å²) in [4.78, 5) is 9.30. The fourth-order valence-electron chi connectivity index (χ4n) is 3.32. The lowest BCUT2D eigenvalue weighted by molar-refractivity contribution is 0.434. The summed E-state index contributed by atoms with van der Waals surface area (Å²) in [5.41, 5.74) is 2.40. The molecule has 1 N–H and O–H groups in total. The molecule has 118 valence electrons. The Morgan fingerprint density at radius 2 is 1.96 bits per heavy atom. The van der Waals surface area contributed by atoms with Crippen LogP contribution in [0.3, 0.4) is 0 Å². The molecule has 3 aromatic rings. The van der Waals surface area contributed by atoms with E-state index in [0.717, 1.165) is 42.9 Å². The van der Waals surface area contributed by atoms with E-state index < -0.39 is 0 Å². The second kappa shape index (κ2) is 6.08. The van der Waals surface area contributed by atoms with E-state index in [4.69, 9.17) is 4.98 Å². The van der Waals surface area contributed by atoms with Crippen LogP contribution in [0, 0.1) is 5.82 Å². The minimum absolute atomic E-state index is 0.179. The van der Waals surface area contributed by atoms with Crippen LogP contribution in [0.1, 0.15) is 30.1 Å². The molecule has 4 rings (SSSR count). The molecule has 0 aliphatic carbocycles.